The lowest BCUT2D eigenvalue weighted by Crippen LogP contribution is -2.30. The zero-order valence-electron chi connectivity index (χ0n) is 12.9. The fraction of sp³-hybridized carbons (Fsp3) is 0.312. The van der Waals surface area contributed by atoms with Crippen LogP contribution in [0.15, 0.2) is 28.8 Å². The Morgan fingerprint density at radius 3 is 2.59 bits per heavy atom. The van der Waals surface area contributed by atoms with E-state index in [0.29, 0.717) is 10.7 Å². The van der Waals surface area contributed by atoms with Gasteiger partial charge in [-0.15, -0.1) is 0 Å². The maximum Gasteiger partial charge on any atom is 0.264 e. The summed E-state index contributed by atoms with van der Waals surface area (Å²) in [4.78, 5) is 25.8. The zero-order chi connectivity index (χ0) is 16.4. The summed E-state index contributed by atoms with van der Waals surface area (Å²) in [6.07, 6.45) is 0. The van der Waals surface area contributed by atoms with Crippen molar-refractivity contribution in [2.45, 2.75) is 26.0 Å². The second kappa shape index (κ2) is 6.24. The van der Waals surface area contributed by atoms with Crippen LogP contribution in [0.3, 0.4) is 0 Å². The number of nitrogens with one attached hydrogen (secondary N) is 1. The van der Waals surface area contributed by atoms with Gasteiger partial charge in [0.1, 0.15) is 16.7 Å². The molecule has 1 aliphatic rings. The minimum absolute atomic E-state index is 0.0385. The molecule has 114 valence electrons. The summed E-state index contributed by atoms with van der Waals surface area (Å²) >= 11 is 1.24. The lowest BCUT2D eigenvalue weighted by molar-refractivity contribution is -0.117. The highest BCUT2D eigenvalue weighted by atomic mass is 32.2. The first-order chi connectivity index (χ1) is 10.4. The summed E-state index contributed by atoms with van der Waals surface area (Å²) in [5.74, 6) is -0.611. The van der Waals surface area contributed by atoms with E-state index in [2.05, 4.69) is 5.32 Å². The number of nitrogens with zero attached hydrogens (tertiary/aromatic N) is 2. The van der Waals surface area contributed by atoms with Crippen LogP contribution in [0.5, 0.6) is 0 Å². The molecule has 2 rings (SSSR count). The average molecular weight is 315 g/mol. The standard InChI is InChI=1S/C16H17N3O2S/c1-9-5-6-12(7-10(9)2)19-15(21)11(3)22-16(19)13(8-17)14(20)18-4/h5-7,11H,1-4H3,(H,18,20)/b16-13-. The minimum Gasteiger partial charge on any atom is -0.354 e. The van der Waals surface area contributed by atoms with Crippen molar-refractivity contribution in [3.8, 4) is 6.07 Å². The van der Waals surface area contributed by atoms with E-state index in [1.165, 1.54) is 23.7 Å². The largest absolute Gasteiger partial charge is 0.354 e. The van der Waals surface area contributed by atoms with Crippen LogP contribution < -0.4 is 10.2 Å². The monoisotopic (exact) mass is 315 g/mol. The predicted molar refractivity (Wildman–Crippen MR) is 87.2 cm³/mol. The number of thioether (sulfide) groups is 1. The van der Waals surface area contributed by atoms with Crippen molar-refractivity contribution in [2.75, 3.05) is 11.9 Å². The summed E-state index contributed by atoms with van der Waals surface area (Å²) in [5, 5.41) is 11.8. The number of rotatable bonds is 2. The molecule has 1 fully saturated rings. The lowest BCUT2D eigenvalue weighted by atomic mass is 10.1. The third-order valence-corrected chi connectivity index (χ3v) is 4.75. The fourth-order valence-electron chi connectivity index (χ4n) is 2.15. The van der Waals surface area contributed by atoms with Gasteiger partial charge in [-0.3, -0.25) is 14.5 Å². The van der Waals surface area contributed by atoms with Crippen LogP contribution in [-0.2, 0) is 9.59 Å². The molecule has 0 bridgehead atoms. The number of carbonyl (C=O) groups is 2. The van der Waals surface area contributed by atoms with E-state index >= 15 is 0 Å². The minimum atomic E-state index is -0.485. The van der Waals surface area contributed by atoms with Crippen molar-refractivity contribution >= 4 is 29.3 Å². The van der Waals surface area contributed by atoms with Crippen molar-refractivity contribution in [3.05, 3.63) is 39.9 Å². The number of amides is 2. The van der Waals surface area contributed by atoms with Gasteiger partial charge in [0.25, 0.3) is 5.91 Å². The van der Waals surface area contributed by atoms with Crippen molar-refractivity contribution in [2.24, 2.45) is 0 Å². The van der Waals surface area contributed by atoms with Gasteiger partial charge in [-0.1, -0.05) is 17.8 Å². The Bertz CT molecular complexity index is 719. The van der Waals surface area contributed by atoms with Crippen molar-refractivity contribution in [1.29, 1.82) is 5.26 Å². The normalized spacial score (nSPS) is 19.9. The number of aryl methyl sites for hydroxylation is 2. The number of anilines is 1. The van der Waals surface area contributed by atoms with Crippen LogP contribution in [0.4, 0.5) is 5.69 Å². The Labute approximate surface area is 134 Å². The van der Waals surface area contributed by atoms with Gasteiger partial charge in [0.2, 0.25) is 5.91 Å². The molecule has 5 nitrogen and oxygen atoms in total. The first-order valence-electron chi connectivity index (χ1n) is 6.85. The van der Waals surface area contributed by atoms with E-state index in [4.69, 9.17) is 0 Å². The molecule has 1 aromatic carbocycles. The molecule has 1 heterocycles. The van der Waals surface area contributed by atoms with E-state index in [0.717, 1.165) is 11.1 Å². The van der Waals surface area contributed by atoms with Gasteiger partial charge in [-0.25, -0.2) is 0 Å². The van der Waals surface area contributed by atoms with Gasteiger partial charge >= 0.3 is 0 Å². The van der Waals surface area contributed by atoms with Crippen molar-refractivity contribution in [1.82, 2.24) is 5.32 Å². The van der Waals surface area contributed by atoms with Crippen molar-refractivity contribution in [3.63, 3.8) is 0 Å². The molecule has 0 saturated carbocycles. The maximum absolute atomic E-state index is 12.5. The van der Waals surface area contributed by atoms with Crippen LogP contribution in [0.1, 0.15) is 18.1 Å². The molecule has 1 unspecified atom stereocenters. The Hall–Kier alpha value is -2.26. The second-order valence-electron chi connectivity index (χ2n) is 5.07. The molecule has 0 aromatic heterocycles. The molecule has 0 radical (unpaired) electrons. The van der Waals surface area contributed by atoms with Gasteiger partial charge in [0.15, 0.2) is 0 Å². The van der Waals surface area contributed by atoms with Gasteiger partial charge in [-0.2, -0.15) is 5.26 Å². The Morgan fingerprint density at radius 2 is 2.05 bits per heavy atom. The Kier molecular flexibility index (Phi) is 4.57. The van der Waals surface area contributed by atoms with Crippen LogP contribution in [0.2, 0.25) is 0 Å². The zero-order valence-corrected chi connectivity index (χ0v) is 13.7. The van der Waals surface area contributed by atoms with Crippen LogP contribution in [0.25, 0.3) is 0 Å². The number of hydrogen-bond donors (Lipinski definition) is 1. The van der Waals surface area contributed by atoms with Gasteiger partial charge in [0, 0.05) is 12.7 Å². The number of carbonyl (C=O) groups excluding carboxylic acids is 2. The van der Waals surface area contributed by atoms with E-state index in [1.54, 1.807) is 6.92 Å². The molecule has 1 atom stereocenters. The summed E-state index contributed by atoms with van der Waals surface area (Å²) in [6, 6.07) is 7.56. The first-order valence-corrected chi connectivity index (χ1v) is 7.73. The smallest absolute Gasteiger partial charge is 0.264 e. The highest BCUT2D eigenvalue weighted by molar-refractivity contribution is 8.05. The third-order valence-electron chi connectivity index (χ3n) is 3.59. The summed E-state index contributed by atoms with van der Waals surface area (Å²) in [5.41, 5.74) is 2.81. The predicted octanol–water partition coefficient (Wildman–Crippen LogP) is 2.25. The molecule has 0 spiro atoms. The molecule has 0 aliphatic carbocycles. The molecule has 2 amide bonds. The molecule has 1 saturated heterocycles. The van der Waals surface area contributed by atoms with Crippen molar-refractivity contribution < 1.29 is 9.59 Å². The second-order valence-corrected chi connectivity index (χ2v) is 6.40. The van der Waals surface area contributed by atoms with E-state index in [1.807, 2.05) is 38.1 Å². The first kappa shape index (κ1) is 16.1. The fourth-order valence-corrected chi connectivity index (χ4v) is 3.25. The SMILES string of the molecule is CNC(=O)/C(C#N)=C1\SC(C)C(=O)N1c1ccc(C)c(C)c1. The topological polar surface area (TPSA) is 73.2 Å². The summed E-state index contributed by atoms with van der Waals surface area (Å²) in [6.45, 7) is 5.72. The summed E-state index contributed by atoms with van der Waals surface area (Å²) < 4.78 is 0. The van der Waals surface area contributed by atoms with Gasteiger partial charge < -0.3 is 5.32 Å². The Balaban J connectivity index is 2.61. The molecular weight excluding hydrogens is 298 g/mol. The molecule has 6 heteroatoms. The van der Waals surface area contributed by atoms with Crippen LogP contribution in [-0.4, -0.2) is 24.1 Å². The average Bonchev–Trinajstić information content (AvgIpc) is 2.78. The quantitative estimate of drug-likeness (QED) is 0.671. The highest BCUT2D eigenvalue weighted by Gasteiger charge is 2.38. The van der Waals surface area contributed by atoms with E-state index < -0.39 is 5.91 Å². The van der Waals surface area contributed by atoms with E-state index in [-0.39, 0.29) is 16.7 Å². The number of benzene rings is 1. The number of likely N-dealkylation sites (N-methyl/N-ethyl adjacent to an activating group) is 1. The summed E-state index contributed by atoms with van der Waals surface area (Å²) in [7, 11) is 1.46. The van der Waals surface area contributed by atoms with Crippen LogP contribution in [0, 0.1) is 25.2 Å². The maximum atomic E-state index is 12.5. The van der Waals surface area contributed by atoms with Crippen LogP contribution >= 0.6 is 11.8 Å². The number of hydrogen-bond acceptors (Lipinski definition) is 4. The molecule has 1 N–H and O–H groups in total. The molecule has 1 aromatic rings. The highest BCUT2D eigenvalue weighted by Crippen LogP contribution is 2.40. The molecular formula is C16H17N3O2S. The molecule has 22 heavy (non-hydrogen) atoms. The van der Waals surface area contributed by atoms with E-state index in [9.17, 15) is 14.9 Å². The lowest BCUT2D eigenvalue weighted by Gasteiger charge is -2.19. The number of nitriles is 1. The Morgan fingerprint density at radius 1 is 1.36 bits per heavy atom. The van der Waals surface area contributed by atoms with Gasteiger partial charge in [0.05, 0.1) is 5.25 Å². The third kappa shape index (κ3) is 2.72. The molecule has 1 aliphatic heterocycles. The van der Waals surface area contributed by atoms with Gasteiger partial charge in [-0.05, 0) is 44.0 Å².